The molecular weight excluding hydrogens is 376 g/mol. The van der Waals surface area contributed by atoms with Crippen LogP contribution in [0.1, 0.15) is 35.0 Å². The summed E-state index contributed by atoms with van der Waals surface area (Å²) in [5.74, 6) is 0.123. The molecule has 0 amide bonds. The number of pyridine rings is 1. The number of piperidine rings is 1. The third-order valence-electron chi connectivity index (χ3n) is 4.78. The second kappa shape index (κ2) is 7.50. The van der Waals surface area contributed by atoms with E-state index in [2.05, 4.69) is 33.5 Å². The molecule has 3 aromatic heterocycles. The maximum Gasteiger partial charge on any atom is 0.219 e. The molecule has 0 aromatic carbocycles. The Morgan fingerprint density at radius 1 is 1.39 bits per heavy atom. The van der Waals surface area contributed by atoms with Crippen molar-refractivity contribution in [1.29, 1.82) is 5.26 Å². The maximum absolute atomic E-state index is 13.6. The van der Waals surface area contributed by atoms with Crippen LogP contribution in [0.3, 0.4) is 0 Å². The zero-order valence-electron chi connectivity index (χ0n) is 15.2. The van der Waals surface area contributed by atoms with Crippen molar-refractivity contribution in [2.24, 2.45) is 0 Å². The van der Waals surface area contributed by atoms with Crippen LogP contribution < -0.4 is 10.1 Å². The lowest BCUT2D eigenvalue weighted by Gasteiger charge is -2.38. The van der Waals surface area contributed by atoms with E-state index in [0.29, 0.717) is 35.1 Å². The van der Waals surface area contributed by atoms with Crippen molar-refractivity contribution < 1.29 is 9.53 Å². The number of nitrogens with zero attached hydrogens (tertiary/aromatic N) is 5. The summed E-state index contributed by atoms with van der Waals surface area (Å²) >= 11 is 1.34. The van der Waals surface area contributed by atoms with Crippen LogP contribution in [0.4, 0.5) is 0 Å². The van der Waals surface area contributed by atoms with Crippen molar-refractivity contribution in [2.75, 3.05) is 6.54 Å². The lowest BCUT2D eigenvalue weighted by molar-refractivity contribution is 0.0268. The van der Waals surface area contributed by atoms with Gasteiger partial charge in [-0.3, -0.25) is 4.79 Å². The van der Waals surface area contributed by atoms with Crippen molar-refractivity contribution in [3.63, 3.8) is 0 Å². The molecule has 1 aliphatic rings. The molecule has 4 heterocycles. The van der Waals surface area contributed by atoms with Gasteiger partial charge < -0.3 is 10.1 Å². The predicted octanol–water partition coefficient (Wildman–Crippen LogP) is 2.37. The van der Waals surface area contributed by atoms with Gasteiger partial charge in [0.05, 0.1) is 24.0 Å². The average Bonchev–Trinajstić information content (AvgIpc) is 3.41. The van der Waals surface area contributed by atoms with E-state index >= 15 is 0 Å². The van der Waals surface area contributed by atoms with Gasteiger partial charge in [-0.25, -0.2) is 4.98 Å². The smallest absolute Gasteiger partial charge is 0.219 e. The van der Waals surface area contributed by atoms with Crippen LogP contribution in [-0.2, 0) is 0 Å². The summed E-state index contributed by atoms with van der Waals surface area (Å²) in [6.45, 7) is 2.43. The zero-order valence-corrected chi connectivity index (χ0v) is 16.0. The number of aromatic nitrogens is 4. The summed E-state index contributed by atoms with van der Waals surface area (Å²) in [5, 5.41) is 22.6. The van der Waals surface area contributed by atoms with Crippen molar-refractivity contribution in [1.82, 2.24) is 25.3 Å². The van der Waals surface area contributed by atoms with E-state index in [0.717, 1.165) is 6.42 Å². The van der Waals surface area contributed by atoms with Crippen LogP contribution in [0.25, 0.3) is 5.69 Å². The minimum atomic E-state index is -1.11. The standard InChI is InChI=1S/C19H18N6O2S/c1-13-2-5-19(12-22-13,27-16-10-14(11-20)3-6-21-16)18(26)17-15(4-9-28-17)25-23-7-8-24-25/h3-4,6-10,13,22H,2,5,12H2,1H3/t13-,19-/m1/s1. The molecule has 1 aliphatic heterocycles. The Morgan fingerprint density at radius 3 is 2.93 bits per heavy atom. The maximum atomic E-state index is 13.6. The number of hydrogen-bond donors (Lipinski definition) is 1. The number of thiophene rings is 1. The van der Waals surface area contributed by atoms with Gasteiger partial charge in [0.25, 0.3) is 0 Å². The Labute approximate surface area is 165 Å². The Morgan fingerprint density at radius 2 is 2.21 bits per heavy atom. The van der Waals surface area contributed by atoms with Crippen molar-refractivity contribution in [2.45, 2.75) is 31.4 Å². The van der Waals surface area contributed by atoms with Crippen molar-refractivity contribution >= 4 is 17.1 Å². The minimum absolute atomic E-state index is 0.140. The van der Waals surface area contributed by atoms with E-state index in [-0.39, 0.29) is 11.7 Å². The molecule has 4 rings (SSSR count). The number of ether oxygens (including phenoxy) is 1. The summed E-state index contributed by atoms with van der Waals surface area (Å²) in [7, 11) is 0. The molecule has 0 aliphatic carbocycles. The predicted molar refractivity (Wildman–Crippen MR) is 103 cm³/mol. The Bertz CT molecular complexity index is 1020. The van der Waals surface area contributed by atoms with Crippen LogP contribution in [-0.4, -0.2) is 43.9 Å². The molecule has 28 heavy (non-hydrogen) atoms. The first-order valence-electron chi connectivity index (χ1n) is 8.89. The Balaban J connectivity index is 1.71. The lowest BCUT2D eigenvalue weighted by atomic mass is 9.85. The molecule has 0 spiro atoms. The fourth-order valence-electron chi connectivity index (χ4n) is 3.22. The largest absolute Gasteiger partial charge is 0.461 e. The van der Waals surface area contributed by atoms with E-state index < -0.39 is 5.60 Å². The molecule has 0 unspecified atom stereocenters. The van der Waals surface area contributed by atoms with Crippen molar-refractivity contribution in [3.05, 3.63) is 52.6 Å². The van der Waals surface area contributed by atoms with Crippen LogP contribution in [0.2, 0.25) is 0 Å². The number of carbonyl (C=O) groups excluding carboxylic acids is 1. The van der Waals surface area contributed by atoms with Crippen LogP contribution in [0.15, 0.2) is 42.2 Å². The third-order valence-corrected chi connectivity index (χ3v) is 5.68. The van der Waals surface area contributed by atoms with Gasteiger partial charge >= 0.3 is 0 Å². The van der Waals surface area contributed by atoms with Gasteiger partial charge in [0.15, 0.2) is 5.60 Å². The Kier molecular flexibility index (Phi) is 4.90. The number of ketones is 1. The number of carbonyl (C=O) groups is 1. The van der Waals surface area contributed by atoms with Crippen molar-refractivity contribution in [3.8, 4) is 17.6 Å². The normalized spacial score (nSPS) is 21.8. The number of nitrogens with one attached hydrogen (secondary N) is 1. The quantitative estimate of drug-likeness (QED) is 0.662. The summed E-state index contributed by atoms with van der Waals surface area (Å²) in [4.78, 5) is 19.8. The van der Waals surface area contributed by atoms with Gasteiger partial charge in [0, 0.05) is 24.8 Å². The van der Waals surface area contributed by atoms with E-state index in [4.69, 9.17) is 10.00 Å². The van der Waals surface area contributed by atoms with E-state index in [1.807, 2.05) is 11.4 Å². The molecule has 9 heteroatoms. The fraction of sp³-hybridized carbons (Fsp3) is 0.316. The molecule has 1 N–H and O–H groups in total. The molecule has 8 nitrogen and oxygen atoms in total. The van der Waals surface area contributed by atoms with Gasteiger partial charge in [0.2, 0.25) is 11.7 Å². The molecule has 3 aromatic rings. The average molecular weight is 394 g/mol. The monoisotopic (exact) mass is 394 g/mol. The fourth-order valence-corrected chi connectivity index (χ4v) is 4.11. The summed E-state index contributed by atoms with van der Waals surface area (Å²) < 4.78 is 6.17. The molecule has 142 valence electrons. The van der Waals surface area contributed by atoms with Gasteiger partial charge in [-0.05, 0) is 37.3 Å². The highest BCUT2D eigenvalue weighted by Gasteiger charge is 2.45. The second-order valence-corrected chi connectivity index (χ2v) is 7.61. The van der Waals surface area contributed by atoms with Gasteiger partial charge in [-0.2, -0.15) is 20.3 Å². The molecule has 1 fully saturated rings. The third kappa shape index (κ3) is 3.40. The molecular formula is C19H18N6O2S. The number of Topliss-reactive ketones (excluding diaryl/α,β-unsaturated/α-hetero) is 1. The second-order valence-electron chi connectivity index (χ2n) is 6.69. The summed E-state index contributed by atoms with van der Waals surface area (Å²) in [5.41, 5.74) is -0.0528. The molecule has 2 atom stereocenters. The zero-order chi connectivity index (χ0) is 19.6. The first-order valence-corrected chi connectivity index (χ1v) is 9.77. The molecule has 1 saturated heterocycles. The van der Waals surface area contributed by atoms with Crippen LogP contribution in [0, 0.1) is 11.3 Å². The highest BCUT2D eigenvalue weighted by Crippen LogP contribution is 2.33. The van der Waals surface area contributed by atoms with Crippen LogP contribution >= 0.6 is 11.3 Å². The van der Waals surface area contributed by atoms with Crippen LogP contribution in [0.5, 0.6) is 5.88 Å². The van der Waals surface area contributed by atoms with E-state index in [1.54, 1.807) is 24.5 Å². The number of nitriles is 1. The van der Waals surface area contributed by atoms with Gasteiger partial charge in [-0.1, -0.05) is 0 Å². The van der Waals surface area contributed by atoms with Gasteiger partial charge in [-0.15, -0.1) is 11.3 Å². The molecule has 0 radical (unpaired) electrons. The van der Waals surface area contributed by atoms with E-state index in [1.165, 1.54) is 22.3 Å². The first kappa shape index (κ1) is 18.3. The topological polar surface area (TPSA) is 106 Å². The highest BCUT2D eigenvalue weighted by molar-refractivity contribution is 7.12. The SMILES string of the molecule is C[C@@H]1CC[C@](Oc2cc(C#N)ccn2)(C(=O)c2sccc2-n2nccn2)CN1. The molecule has 0 bridgehead atoms. The number of hydrogen-bond acceptors (Lipinski definition) is 8. The molecule has 0 saturated carbocycles. The summed E-state index contributed by atoms with van der Waals surface area (Å²) in [6.07, 6.45) is 5.97. The first-order chi connectivity index (χ1) is 13.6. The minimum Gasteiger partial charge on any atom is -0.461 e. The number of rotatable bonds is 5. The van der Waals surface area contributed by atoms with Gasteiger partial charge in [0.1, 0.15) is 10.6 Å². The van der Waals surface area contributed by atoms with E-state index in [9.17, 15) is 4.79 Å². The lowest BCUT2D eigenvalue weighted by Crippen LogP contribution is -2.57. The highest BCUT2D eigenvalue weighted by atomic mass is 32.1. The summed E-state index contributed by atoms with van der Waals surface area (Å²) in [6, 6.07) is 7.33. The Hall–Kier alpha value is -3.09.